The van der Waals surface area contributed by atoms with E-state index in [1.807, 2.05) is 26.0 Å². The lowest BCUT2D eigenvalue weighted by atomic mass is 10.1. The molecular weight excluding hydrogens is 284 g/mol. The minimum Gasteiger partial charge on any atom is -0.485 e. The van der Waals surface area contributed by atoms with Gasteiger partial charge >= 0.3 is 0 Å². The molecule has 0 N–H and O–H groups in total. The third-order valence-corrected chi connectivity index (χ3v) is 3.58. The number of aromatic nitrogens is 4. The van der Waals surface area contributed by atoms with Crippen molar-refractivity contribution in [1.29, 1.82) is 0 Å². The van der Waals surface area contributed by atoms with Crippen molar-refractivity contribution in [3.05, 3.63) is 33.6 Å². The fourth-order valence-corrected chi connectivity index (χ4v) is 1.75. The zero-order valence-electron chi connectivity index (χ0n) is 9.94. The minimum absolute atomic E-state index is 0.328. The molecule has 17 heavy (non-hydrogen) atoms. The SMILES string of the molecule is Cc1cc(OCc2nnn(C)n2)cc(C)c1Br. The molecule has 0 radical (unpaired) electrons. The molecule has 1 heterocycles. The van der Waals surface area contributed by atoms with E-state index >= 15 is 0 Å². The summed E-state index contributed by atoms with van der Waals surface area (Å²) >= 11 is 3.52. The fraction of sp³-hybridized carbons (Fsp3) is 0.364. The van der Waals surface area contributed by atoms with Crippen molar-refractivity contribution < 1.29 is 4.74 Å². The van der Waals surface area contributed by atoms with Gasteiger partial charge in [-0.25, -0.2) is 0 Å². The summed E-state index contributed by atoms with van der Waals surface area (Å²) in [6, 6.07) is 3.96. The largest absolute Gasteiger partial charge is 0.485 e. The molecule has 2 rings (SSSR count). The molecule has 0 unspecified atom stereocenters. The molecule has 1 aromatic carbocycles. The monoisotopic (exact) mass is 296 g/mol. The highest BCUT2D eigenvalue weighted by Gasteiger charge is 2.05. The number of aryl methyl sites for hydroxylation is 3. The first kappa shape index (κ1) is 12.0. The molecule has 0 atom stereocenters. The van der Waals surface area contributed by atoms with E-state index in [0.717, 1.165) is 21.3 Å². The molecule has 6 heteroatoms. The maximum Gasteiger partial charge on any atom is 0.212 e. The van der Waals surface area contributed by atoms with Gasteiger partial charge in [0.1, 0.15) is 5.75 Å². The fourth-order valence-electron chi connectivity index (χ4n) is 1.52. The third kappa shape index (κ3) is 2.82. The van der Waals surface area contributed by atoms with E-state index < -0.39 is 0 Å². The molecule has 0 aliphatic rings. The zero-order chi connectivity index (χ0) is 12.4. The van der Waals surface area contributed by atoms with Gasteiger partial charge in [-0.3, -0.25) is 0 Å². The number of halogens is 1. The van der Waals surface area contributed by atoms with Gasteiger partial charge in [0.15, 0.2) is 6.61 Å². The van der Waals surface area contributed by atoms with E-state index in [1.165, 1.54) is 4.80 Å². The lowest BCUT2D eigenvalue weighted by molar-refractivity contribution is 0.295. The summed E-state index contributed by atoms with van der Waals surface area (Å²) in [4.78, 5) is 1.41. The molecule has 0 spiro atoms. The number of nitrogens with zero attached hydrogens (tertiary/aromatic N) is 4. The summed E-state index contributed by atoms with van der Waals surface area (Å²) < 4.78 is 6.74. The smallest absolute Gasteiger partial charge is 0.212 e. The van der Waals surface area contributed by atoms with Gasteiger partial charge in [0, 0.05) is 4.47 Å². The van der Waals surface area contributed by atoms with Gasteiger partial charge < -0.3 is 4.74 Å². The Bertz CT molecular complexity index is 515. The van der Waals surface area contributed by atoms with Gasteiger partial charge in [0.25, 0.3) is 0 Å². The second-order valence-corrected chi connectivity index (χ2v) is 4.65. The summed E-state index contributed by atoms with van der Waals surface area (Å²) in [7, 11) is 1.73. The van der Waals surface area contributed by atoms with Crippen LogP contribution in [0.2, 0.25) is 0 Å². The van der Waals surface area contributed by atoms with Crippen LogP contribution >= 0.6 is 15.9 Å². The third-order valence-electron chi connectivity index (χ3n) is 2.33. The summed E-state index contributed by atoms with van der Waals surface area (Å²) in [5.74, 6) is 1.39. The van der Waals surface area contributed by atoms with Gasteiger partial charge in [-0.05, 0) is 42.3 Å². The first-order chi connectivity index (χ1) is 8.06. The summed E-state index contributed by atoms with van der Waals surface area (Å²) in [6.45, 7) is 4.39. The van der Waals surface area contributed by atoms with Gasteiger partial charge in [-0.15, -0.1) is 10.2 Å². The highest BCUT2D eigenvalue weighted by Crippen LogP contribution is 2.26. The van der Waals surface area contributed by atoms with Crippen molar-refractivity contribution in [1.82, 2.24) is 20.2 Å². The molecule has 90 valence electrons. The molecule has 0 bridgehead atoms. The van der Waals surface area contributed by atoms with Crippen LogP contribution in [0.15, 0.2) is 16.6 Å². The number of rotatable bonds is 3. The molecule has 0 aliphatic heterocycles. The van der Waals surface area contributed by atoms with Gasteiger partial charge in [0.05, 0.1) is 7.05 Å². The average Bonchev–Trinajstić information content (AvgIpc) is 2.69. The maximum atomic E-state index is 5.62. The lowest BCUT2D eigenvalue weighted by Gasteiger charge is -2.08. The van der Waals surface area contributed by atoms with Crippen LogP contribution in [0.1, 0.15) is 17.0 Å². The van der Waals surface area contributed by atoms with Crippen molar-refractivity contribution in [2.45, 2.75) is 20.5 Å². The molecule has 0 saturated carbocycles. The molecule has 1 aromatic heterocycles. The van der Waals surface area contributed by atoms with Gasteiger partial charge in [-0.2, -0.15) is 4.80 Å². The number of tetrazole rings is 1. The number of ether oxygens (including phenoxy) is 1. The van der Waals surface area contributed by atoms with Crippen LogP contribution in [-0.2, 0) is 13.7 Å². The van der Waals surface area contributed by atoms with E-state index in [9.17, 15) is 0 Å². The first-order valence-corrected chi connectivity index (χ1v) is 5.98. The highest BCUT2D eigenvalue weighted by molar-refractivity contribution is 9.10. The van der Waals surface area contributed by atoms with Crippen LogP contribution in [0.3, 0.4) is 0 Å². The second kappa shape index (κ2) is 4.83. The van der Waals surface area contributed by atoms with E-state index in [1.54, 1.807) is 7.05 Å². The van der Waals surface area contributed by atoms with Crippen LogP contribution in [0.5, 0.6) is 5.75 Å². The van der Waals surface area contributed by atoms with Crippen molar-refractivity contribution in [2.24, 2.45) is 7.05 Å². The molecule has 5 nitrogen and oxygen atoms in total. The summed E-state index contributed by atoms with van der Waals surface area (Å²) in [6.07, 6.45) is 0. The van der Waals surface area contributed by atoms with E-state index in [2.05, 4.69) is 31.3 Å². The Morgan fingerprint density at radius 2 is 1.94 bits per heavy atom. The second-order valence-electron chi connectivity index (χ2n) is 3.85. The van der Waals surface area contributed by atoms with Crippen molar-refractivity contribution in [3.8, 4) is 5.75 Å². The normalized spacial score (nSPS) is 10.6. The van der Waals surface area contributed by atoms with Crippen LogP contribution < -0.4 is 4.74 Å². The minimum atomic E-state index is 0.328. The maximum absolute atomic E-state index is 5.62. The predicted molar refractivity (Wildman–Crippen MR) is 66.7 cm³/mol. The van der Waals surface area contributed by atoms with Gasteiger partial charge in [0.2, 0.25) is 5.82 Å². The topological polar surface area (TPSA) is 52.8 Å². The van der Waals surface area contributed by atoms with E-state index in [-0.39, 0.29) is 0 Å². The number of hydrogen-bond donors (Lipinski definition) is 0. The van der Waals surface area contributed by atoms with Crippen LogP contribution in [0, 0.1) is 13.8 Å². The zero-order valence-corrected chi connectivity index (χ0v) is 11.5. The lowest BCUT2D eigenvalue weighted by Crippen LogP contribution is -2.00. The van der Waals surface area contributed by atoms with Crippen LogP contribution in [0.25, 0.3) is 0 Å². The van der Waals surface area contributed by atoms with Crippen molar-refractivity contribution in [2.75, 3.05) is 0 Å². The quantitative estimate of drug-likeness (QED) is 0.871. The molecule has 0 saturated heterocycles. The summed E-state index contributed by atoms with van der Waals surface area (Å²) in [5, 5.41) is 11.7. The van der Waals surface area contributed by atoms with Gasteiger partial charge in [-0.1, -0.05) is 15.9 Å². The Kier molecular flexibility index (Phi) is 3.42. The first-order valence-electron chi connectivity index (χ1n) is 5.18. The van der Waals surface area contributed by atoms with Crippen LogP contribution in [-0.4, -0.2) is 20.2 Å². The number of hydrogen-bond acceptors (Lipinski definition) is 4. The average molecular weight is 297 g/mol. The Hall–Kier alpha value is -1.43. The Morgan fingerprint density at radius 1 is 1.29 bits per heavy atom. The van der Waals surface area contributed by atoms with E-state index in [0.29, 0.717) is 12.4 Å². The standard InChI is InChI=1S/C11H13BrN4O/c1-7-4-9(5-8(2)11(7)12)17-6-10-13-15-16(3)14-10/h4-5H,6H2,1-3H3. The van der Waals surface area contributed by atoms with Crippen molar-refractivity contribution in [3.63, 3.8) is 0 Å². The Balaban J connectivity index is 2.09. The predicted octanol–water partition coefficient (Wildman–Crippen LogP) is 2.17. The highest BCUT2D eigenvalue weighted by atomic mass is 79.9. The summed E-state index contributed by atoms with van der Waals surface area (Å²) in [5.41, 5.74) is 2.29. The van der Waals surface area contributed by atoms with E-state index in [4.69, 9.17) is 4.74 Å². The molecular formula is C11H13BrN4O. The van der Waals surface area contributed by atoms with Crippen molar-refractivity contribution >= 4 is 15.9 Å². The molecule has 0 amide bonds. The molecule has 0 fully saturated rings. The Morgan fingerprint density at radius 3 is 2.47 bits per heavy atom. The molecule has 0 aliphatic carbocycles. The number of benzene rings is 1. The van der Waals surface area contributed by atoms with Crippen LogP contribution in [0.4, 0.5) is 0 Å². The Labute approximate surface area is 108 Å². The molecule has 2 aromatic rings.